The number of hydrogen-bond acceptors (Lipinski definition) is 6. The number of benzene rings is 2. The van der Waals surface area contributed by atoms with Gasteiger partial charge in [-0.2, -0.15) is 18.4 Å². The van der Waals surface area contributed by atoms with Gasteiger partial charge in [-0.15, -0.1) is 0 Å². The van der Waals surface area contributed by atoms with Gasteiger partial charge in [0.25, 0.3) is 15.7 Å². The molecule has 0 unspecified atom stereocenters. The minimum absolute atomic E-state index is 0.0208. The van der Waals surface area contributed by atoms with Crippen LogP contribution >= 0.6 is 11.6 Å². The lowest BCUT2D eigenvalue weighted by atomic mass is 10.1. The SMILES string of the molecule is O=[N+]([O-])c1cc(-c2ccc(/C=N\NS(=O)(=O)c3ccccc3)o2)ccc1Cl. The summed E-state index contributed by atoms with van der Waals surface area (Å²) in [6.07, 6.45) is 1.19. The predicted octanol–water partition coefficient (Wildman–Crippen LogP) is 3.82. The first-order valence-corrected chi connectivity index (χ1v) is 9.37. The standard InChI is InChI=1S/C17H12ClN3O5S/c18-15-8-6-12(10-16(15)21(22)23)17-9-7-13(26-17)11-19-20-27(24,25)14-4-2-1-3-5-14/h1-11,20H/b19-11-. The highest BCUT2D eigenvalue weighted by molar-refractivity contribution is 7.89. The Morgan fingerprint density at radius 3 is 2.56 bits per heavy atom. The van der Waals surface area contributed by atoms with Crippen molar-refractivity contribution in [3.63, 3.8) is 0 Å². The fourth-order valence-electron chi connectivity index (χ4n) is 2.19. The molecule has 1 N–H and O–H groups in total. The van der Waals surface area contributed by atoms with Crippen LogP contribution in [0.15, 0.2) is 75.1 Å². The molecule has 3 rings (SSSR count). The van der Waals surface area contributed by atoms with Crippen LogP contribution < -0.4 is 4.83 Å². The van der Waals surface area contributed by atoms with Crippen molar-refractivity contribution in [1.29, 1.82) is 0 Å². The molecule has 0 bridgehead atoms. The van der Waals surface area contributed by atoms with E-state index < -0.39 is 14.9 Å². The average Bonchev–Trinajstić information content (AvgIpc) is 3.11. The van der Waals surface area contributed by atoms with Crippen molar-refractivity contribution in [2.45, 2.75) is 4.90 Å². The number of sulfonamides is 1. The van der Waals surface area contributed by atoms with Crippen LogP contribution in [0.4, 0.5) is 5.69 Å². The molecule has 27 heavy (non-hydrogen) atoms. The van der Waals surface area contributed by atoms with Crippen LogP contribution in [0.5, 0.6) is 0 Å². The smallest absolute Gasteiger partial charge is 0.288 e. The zero-order valence-corrected chi connectivity index (χ0v) is 15.1. The van der Waals surface area contributed by atoms with Crippen LogP contribution in [0, 0.1) is 10.1 Å². The summed E-state index contributed by atoms with van der Waals surface area (Å²) in [7, 11) is -3.77. The largest absolute Gasteiger partial charge is 0.455 e. The van der Waals surface area contributed by atoms with Crippen molar-refractivity contribution in [3.05, 3.63) is 81.6 Å². The number of rotatable bonds is 6. The van der Waals surface area contributed by atoms with E-state index in [1.807, 2.05) is 0 Å². The minimum atomic E-state index is -3.77. The van der Waals surface area contributed by atoms with Crippen molar-refractivity contribution in [3.8, 4) is 11.3 Å². The second-order valence-electron chi connectivity index (χ2n) is 5.29. The van der Waals surface area contributed by atoms with Crippen LogP contribution in [0.25, 0.3) is 11.3 Å². The number of nitro groups is 1. The summed E-state index contributed by atoms with van der Waals surface area (Å²) in [5.74, 6) is 0.612. The lowest BCUT2D eigenvalue weighted by molar-refractivity contribution is -0.384. The molecule has 0 amide bonds. The van der Waals surface area contributed by atoms with Gasteiger partial charge in [-0.3, -0.25) is 10.1 Å². The van der Waals surface area contributed by atoms with Gasteiger partial charge in [-0.1, -0.05) is 29.8 Å². The Labute approximate surface area is 159 Å². The van der Waals surface area contributed by atoms with E-state index in [4.69, 9.17) is 16.0 Å². The molecule has 0 atom stereocenters. The molecular formula is C17H12ClN3O5S. The molecule has 0 aliphatic heterocycles. The number of hydrazone groups is 1. The van der Waals surface area contributed by atoms with Gasteiger partial charge >= 0.3 is 0 Å². The van der Waals surface area contributed by atoms with Gasteiger partial charge in [0.1, 0.15) is 16.5 Å². The molecule has 1 heterocycles. The lowest BCUT2D eigenvalue weighted by Crippen LogP contribution is -2.18. The van der Waals surface area contributed by atoms with Crippen LogP contribution in [0.3, 0.4) is 0 Å². The summed E-state index contributed by atoms with van der Waals surface area (Å²) < 4.78 is 29.6. The Balaban J connectivity index is 1.76. The maximum atomic E-state index is 12.1. The van der Waals surface area contributed by atoms with Crippen LogP contribution in [-0.2, 0) is 10.0 Å². The molecular weight excluding hydrogens is 394 g/mol. The average molecular weight is 406 g/mol. The molecule has 0 saturated heterocycles. The zero-order chi connectivity index (χ0) is 19.4. The summed E-state index contributed by atoms with van der Waals surface area (Å²) in [5.41, 5.74) is 0.215. The first kappa shape index (κ1) is 18.6. The van der Waals surface area contributed by atoms with Gasteiger partial charge in [-0.25, -0.2) is 0 Å². The summed E-state index contributed by atoms with van der Waals surface area (Å²) in [4.78, 5) is 12.5. The highest BCUT2D eigenvalue weighted by atomic mass is 35.5. The number of nitrogens with one attached hydrogen (secondary N) is 1. The lowest BCUT2D eigenvalue weighted by Gasteiger charge is -2.01. The molecule has 0 fully saturated rings. The van der Waals surface area contributed by atoms with E-state index >= 15 is 0 Å². The van der Waals surface area contributed by atoms with Crippen LogP contribution in [0.1, 0.15) is 5.76 Å². The first-order valence-electron chi connectivity index (χ1n) is 7.51. The van der Waals surface area contributed by atoms with E-state index in [9.17, 15) is 18.5 Å². The Bertz CT molecular complexity index is 1110. The molecule has 10 heteroatoms. The van der Waals surface area contributed by atoms with E-state index in [1.54, 1.807) is 36.4 Å². The monoisotopic (exact) mass is 405 g/mol. The summed E-state index contributed by atoms with van der Waals surface area (Å²) >= 11 is 5.79. The van der Waals surface area contributed by atoms with Gasteiger partial charge in [0.15, 0.2) is 0 Å². The molecule has 0 saturated carbocycles. The molecule has 3 aromatic rings. The fourth-order valence-corrected chi connectivity index (χ4v) is 3.19. The van der Waals surface area contributed by atoms with Crippen LogP contribution in [-0.4, -0.2) is 19.6 Å². The third kappa shape index (κ3) is 4.33. The van der Waals surface area contributed by atoms with Gasteiger partial charge in [0.2, 0.25) is 0 Å². The first-order chi connectivity index (χ1) is 12.9. The number of furan rings is 1. The summed E-state index contributed by atoms with van der Waals surface area (Å²) in [5, 5.41) is 14.7. The van der Waals surface area contributed by atoms with Gasteiger partial charge in [0.05, 0.1) is 16.0 Å². The maximum Gasteiger partial charge on any atom is 0.288 e. The van der Waals surface area contributed by atoms with Crippen molar-refractivity contribution in [1.82, 2.24) is 4.83 Å². The van der Waals surface area contributed by atoms with E-state index in [0.717, 1.165) is 0 Å². The highest BCUT2D eigenvalue weighted by Crippen LogP contribution is 2.31. The topological polar surface area (TPSA) is 115 Å². The molecule has 0 spiro atoms. The van der Waals surface area contributed by atoms with E-state index in [1.165, 1.54) is 30.5 Å². The number of hydrogen-bond donors (Lipinski definition) is 1. The number of nitro benzene ring substituents is 1. The molecule has 0 aliphatic rings. The van der Waals surface area contributed by atoms with Gasteiger partial charge < -0.3 is 4.42 Å². The second-order valence-corrected chi connectivity index (χ2v) is 7.36. The molecule has 0 radical (unpaired) electrons. The van der Waals surface area contributed by atoms with E-state index in [0.29, 0.717) is 11.3 Å². The normalized spacial score (nSPS) is 11.6. The third-order valence-corrected chi connectivity index (χ3v) is 5.03. The van der Waals surface area contributed by atoms with E-state index in [2.05, 4.69) is 9.93 Å². The van der Waals surface area contributed by atoms with Gasteiger partial charge in [-0.05, 0) is 36.4 Å². The Hall–Kier alpha value is -3.17. The summed E-state index contributed by atoms with van der Waals surface area (Å²) in [6.45, 7) is 0. The highest BCUT2D eigenvalue weighted by Gasteiger charge is 2.15. The van der Waals surface area contributed by atoms with Crippen molar-refractivity contribution in [2.75, 3.05) is 0 Å². The Morgan fingerprint density at radius 1 is 1.11 bits per heavy atom. The molecule has 2 aromatic carbocycles. The molecule has 8 nitrogen and oxygen atoms in total. The number of halogens is 1. The third-order valence-electron chi connectivity index (χ3n) is 3.47. The van der Waals surface area contributed by atoms with Crippen LogP contribution in [0.2, 0.25) is 5.02 Å². The molecule has 0 aliphatic carbocycles. The quantitative estimate of drug-likeness (QED) is 0.380. The van der Waals surface area contributed by atoms with Crippen molar-refractivity contribution >= 4 is 33.5 Å². The second kappa shape index (κ2) is 7.60. The van der Waals surface area contributed by atoms with Crippen molar-refractivity contribution in [2.24, 2.45) is 5.10 Å². The van der Waals surface area contributed by atoms with E-state index in [-0.39, 0.29) is 21.4 Å². The summed E-state index contributed by atoms with van der Waals surface area (Å²) in [6, 6.07) is 15.2. The fraction of sp³-hybridized carbons (Fsp3) is 0. The minimum Gasteiger partial charge on any atom is -0.455 e. The van der Waals surface area contributed by atoms with Crippen molar-refractivity contribution < 1.29 is 17.8 Å². The molecule has 1 aromatic heterocycles. The Morgan fingerprint density at radius 2 is 1.85 bits per heavy atom. The molecule has 138 valence electrons. The Kier molecular flexibility index (Phi) is 5.24. The number of nitrogens with zero attached hydrogens (tertiary/aromatic N) is 2. The van der Waals surface area contributed by atoms with Gasteiger partial charge in [0, 0.05) is 11.6 Å². The predicted molar refractivity (Wildman–Crippen MR) is 100 cm³/mol. The zero-order valence-electron chi connectivity index (χ0n) is 13.6. The maximum absolute atomic E-state index is 12.1.